The number of oxazole rings is 1. The monoisotopic (exact) mass is 428 g/mol. The van der Waals surface area contributed by atoms with Crippen LogP contribution >= 0.6 is 0 Å². The van der Waals surface area contributed by atoms with Crippen molar-refractivity contribution in [1.82, 2.24) is 10.3 Å². The third kappa shape index (κ3) is 5.07. The van der Waals surface area contributed by atoms with E-state index in [9.17, 15) is 18.4 Å². The molecule has 8 heteroatoms. The molecule has 31 heavy (non-hydrogen) atoms. The summed E-state index contributed by atoms with van der Waals surface area (Å²) in [5.41, 5.74) is 2.18. The Labute approximate surface area is 177 Å². The molecule has 1 aliphatic carbocycles. The van der Waals surface area contributed by atoms with Gasteiger partial charge < -0.3 is 14.5 Å². The van der Waals surface area contributed by atoms with Crippen LogP contribution in [0.15, 0.2) is 52.9 Å². The molecule has 1 N–H and O–H groups in total. The second-order valence-electron chi connectivity index (χ2n) is 7.77. The van der Waals surface area contributed by atoms with Crippen LogP contribution in [0.1, 0.15) is 53.5 Å². The zero-order valence-corrected chi connectivity index (χ0v) is 16.7. The Kier molecular flexibility index (Phi) is 5.97. The lowest BCUT2D eigenvalue weighted by Crippen LogP contribution is -2.37. The molecule has 2 aromatic carbocycles. The van der Waals surface area contributed by atoms with Gasteiger partial charge in [0.1, 0.15) is 24.5 Å². The number of alkyl carbamates (subject to hydrolysis) is 1. The van der Waals surface area contributed by atoms with Crippen LogP contribution in [-0.2, 0) is 11.3 Å². The lowest BCUT2D eigenvalue weighted by molar-refractivity contribution is -0.0505. The van der Waals surface area contributed by atoms with E-state index in [-0.39, 0.29) is 44.1 Å². The number of ether oxygens (including phenoxy) is 1. The molecule has 0 bridgehead atoms. The molecule has 0 spiro atoms. The smallest absolute Gasteiger partial charge is 0.408 e. The van der Waals surface area contributed by atoms with Gasteiger partial charge in [-0.3, -0.25) is 4.79 Å². The summed E-state index contributed by atoms with van der Waals surface area (Å²) >= 11 is 0. The Balaban J connectivity index is 1.54. The number of nitrogens with one attached hydrogen (secondary N) is 1. The molecule has 3 aromatic rings. The predicted octanol–water partition coefficient (Wildman–Crippen LogP) is 5.43. The fourth-order valence-corrected chi connectivity index (χ4v) is 3.84. The maximum Gasteiger partial charge on any atom is 0.408 e. The first-order valence-corrected chi connectivity index (χ1v) is 10.1. The minimum Gasteiger partial charge on any atom is -0.445 e. The molecule has 1 amide bonds. The molecule has 4 rings (SSSR count). The fraction of sp³-hybridized carbons (Fsp3) is 0.348. The van der Waals surface area contributed by atoms with Gasteiger partial charge in [0.2, 0.25) is 11.8 Å². The number of amides is 1. The number of alkyl halides is 2. The molecule has 1 fully saturated rings. The molecule has 162 valence electrons. The average Bonchev–Trinajstić information content (AvgIpc) is 3.20. The molecule has 1 heterocycles. The number of nitrogens with zero attached hydrogens (tertiary/aromatic N) is 1. The largest absolute Gasteiger partial charge is 0.445 e. The molecule has 6 nitrogen and oxygen atoms in total. The van der Waals surface area contributed by atoms with E-state index in [2.05, 4.69) is 10.3 Å². The normalized spacial score (nSPS) is 17.2. The number of carbonyl (C=O) groups excluding carboxylic acids is 2. The molecule has 0 radical (unpaired) electrons. The van der Waals surface area contributed by atoms with Crippen LogP contribution < -0.4 is 5.32 Å². The quantitative estimate of drug-likeness (QED) is 0.529. The number of fused-ring (bicyclic) bond motifs is 1. The van der Waals surface area contributed by atoms with E-state index in [0.29, 0.717) is 22.9 Å². The molecule has 1 saturated carbocycles. The molecule has 1 aromatic heterocycles. The standard InChI is InChI=1S/C23H22F2N2O4/c24-23(25)10-8-17(9-11-23)20(27-22(29)30-14-15-4-2-1-3-5-15)21-26-18-12-16(13-28)6-7-19(18)31-21/h1-7,12-13,17,20H,8-11,14H2,(H,27,29). The lowest BCUT2D eigenvalue weighted by Gasteiger charge is -2.32. The van der Waals surface area contributed by atoms with Crippen molar-refractivity contribution in [2.24, 2.45) is 5.92 Å². The van der Waals surface area contributed by atoms with Crippen LogP contribution in [0.4, 0.5) is 13.6 Å². The second-order valence-corrected chi connectivity index (χ2v) is 7.77. The zero-order valence-electron chi connectivity index (χ0n) is 16.7. The highest BCUT2D eigenvalue weighted by molar-refractivity contribution is 5.83. The first-order chi connectivity index (χ1) is 14.9. The number of halogens is 2. The molecule has 1 aliphatic rings. The van der Waals surface area contributed by atoms with Crippen molar-refractivity contribution in [2.75, 3.05) is 0 Å². The molecule has 1 atom stereocenters. The van der Waals surface area contributed by atoms with Gasteiger partial charge in [0, 0.05) is 18.4 Å². The van der Waals surface area contributed by atoms with Crippen LogP contribution in [0.25, 0.3) is 11.1 Å². The van der Waals surface area contributed by atoms with Crippen LogP contribution in [-0.4, -0.2) is 23.3 Å². The number of rotatable bonds is 6. The Hall–Kier alpha value is -3.29. The number of hydrogen-bond acceptors (Lipinski definition) is 5. The van der Waals surface area contributed by atoms with E-state index >= 15 is 0 Å². The highest BCUT2D eigenvalue weighted by atomic mass is 19.3. The highest BCUT2D eigenvalue weighted by Gasteiger charge is 2.40. The summed E-state index contributed by atoms with van der Waals surface area (Å²) < 4.78 is 38.5. The van der Waals surface area contributed by atoms with Crippen molar-refractivity contribution in [1.29, 1.82) is 0 Å². The van der Waals surface area contributed by atoms with Crippen LogP contribution in [0.5, 0.6) is 0 Å². The van der Waals surface area contributed by atoms with Crippen molar-refractivity contribution in [3.63, 3.8) is 0 Å². The predicted molar refractivity (Wildman–Crippen MR) is 109 cm³/mol. The van der Waals surface area contributed by atoms with Crippen molar-refractivity contribution in [2.45, 2.75) is 44.3 Å². The Morgan fingerprint density at radius 1 is 1.23 bits per heavy atom. The Morgan fingerprint density at radius 3 is 2.68 bits per heavy atom. The summed E-state index contributed by atoms with van der Waals surface area (Å²) in [4.78, 5) is 27.9. The first-order valence-electron chi connectivity index (χ1n) is 10.1. The van der Waals surface area contributed by atoms with Gasteiger partial charge in [0.25, 0.3) is 0 Å². The lowest BCUT2D eigenvalue weighted by atomic mass is 9.82. The van der Waals surface area contributed by atoms with Gasteiger partial charge in [0.15, 0.2) is 5.58 Å². The average molecular weight is 428 g/mol. The minimum absolute atomic E-state index is 0.0817. The van der Waals surface area contributed by atoms with Crippen LogP contribution in [0.3, 0.4) is 0 Å². The van der Waals surface area contributed by atoms with E-state index in [0.717, 1.165) is 5.56 Å². The maximum absolute atomic E-state index is 13.7. The van der Waals surface area contributed by atoms with Gasteiger partial charge >= 0.3 is 6.09 Å². The zero-order chi connectivity index (χ0) is 21.8. The number of aromatic nitrogens is 1. The van der Waals surface area contributed by atoms with E-state index in [1.54, 1.807) is 18.2 Å². The maximum atomic E-state index is 13.7. The Bertz CT molecular complexity index is 1060. The van der Waals surface area contributed by atoms with E-state index in [4.69, 9.17) is 9.15 Å². The van der Waals surface area contributed by atoms with Crippen molar-refractivity contribution < 1.29 is 27.5 Å². The number of hydrogen-bond donors (Lipinski definition) is 1. The molecular weight excluding hydrogens is 406 g/mol. The van der Waals surface area contributed by atoms with Crippen molar-refractivity contribution in [3.8, 4) is 0 Å². The minimum atomic E-state index is -2.70. The molecule has 0 aliphatic heterocycles. The van der Waals surface area contributed by atoms with E-state index in [1.165, 1.54) is 0 Å². The van der Waals surface area contributed by atoms with Gasteiger partial charge in [-0.2, -0.15) is 0 Å². The van der Waals surface area contributed by atoms with E-state index in [1.807, 2.05) is 30.3 Å². The third-order valence-corrected chi connectivity index (χ3v) is 5.55. The van der Waals surface area contributed by atoms with E-state index < -0.39 is 18.1 Å². The summed E-state index contributed by atoms with van der Waals surface area (Å²) in [7, 11) is 0. The first kappa shape index (κ1) is 21.0. The van der Waals surface area contributed by atoms with Crippen LogP contribution in [0.2, 0.25) is 0 Å². The summed E-state index contributed by atoms with van der Waals surface area (Å²) in [6.45, 7) is 0.0817. The SMILES string of the molecule is O=Cc1ccc2oc(C(NC(=O)OCc3ccccc3)C3CCC(F)(F)CC3)nc2c1. The molecule has 1 unspecified atom stereocenters. The molecule has 0 saturated heterocycles. The van der Waals surface area contributed by atoms with Gasteiger partial charge in [-0.15, -0.1) is 0 Å². The van der Waals surface area contributed by atoms with Gasteiger partial charge in [-0.05, 0) is 42.5 Å². The van der Waals surface area contributed by atoms with Crippen molar-refractivity contribution in [3.05, 3.63) is 65.5 Å². The second kappa shape index (κ2) is 8.83. The van der Waals surface area contributed by atoms with Crippen LogP contribution in [0, 0.1) is 5.92 Å². The highest BCUT2D eigenvalue weighted by Crippen LogP contribution is 2.41. The number of aldehydes is 1. The summed E-state index contributed by atoms with van der Waals surface area (Å²) in [5.74, 6) is -2.76. The summed E-state index contributed by atoms with van der Waals surface area (Å²) in [5, 5.41) is 2.76. The third-order valence-electron chi connectivity index (χ3n) is 5.55. The fourth-order valence-electron chi connectivity index (χ4n) is 3.84. The number of benzene rings is 2. The van der Waals surface area contributed by atoms with Crippen molar-refractivity contribution >= 4 is 23.5 Å². The number of carbonyl (C=O) groups is 2. The summed E-state index contributed by atoms with van der Waals surface area (Å²) in [6, 6.07) is 13.3. The summed E-state index contributed by atoms with van der Waals surface area (Å²) in [6.07, 6.45) is -0.0612. The van der Waals surface area contributed by atoms with Gasteiger partial charge in [0.05, 0.1) is 0 Å². The van der Waals surface area contributed by atoms with Gasteiger partial charge in [-0.25, -0.2) is 18.6 Å². The topological polar surface area (TPSA) is 81.4 Å². The van der Waals surface area contributed by atoms with Gasteiger partial charge in [-0.1, -0.05) is 30.3 Å². The Morgan fingerprint density at radius 2 is 1.97 bits per heavy atom. The molecular formula is C23H22F2N2O4.